The molecule has 1 unspecified atom stereocenters. The van der Waals surface area contributed by atoms with Crippen molar-refractivity contribution >= 4 is 21.4 Å². The molecule has 0 fully saturated rings. The van der Waals surface area contributed by atoms with Crippen LogP contribution in [0.3, 0.4) is 0 Å². The second-order valence-electron chi connectivity index (χ2n) is 6.19. The Kier molecular flexibility index (Phi) is 4.71. The van der Waals surface area contributed by atoms with E-state index in [0.717, 1.165) is 11.3 Å². The zero-order valence-electron chi connectivity index (χ0n) is 15.0. The fraction of sp³-hybridized carbons (Fsp3) is 0.263. The third kappa shape index (κ3) is 3.03. The summed E-state index contributed by atoms with van der Waals surface area (Å²) < 4.78 is 41.4. The lowest BCUT2D eigenvalue weighted by molar-refractivity contribution is 0.297. The van der Waals surface area contributed by atoms with E-state index in [-0.39, 0.29) is 0 Å². The van der Waals surface area contributed by atoms with Gasteiger partial charge < -0.3 is 14.0 Å². The van der Waals surface area contributed by atoms with Gasteiger partial charge in [0.25, 0.3) is 10.0 Å². The van der Waals surface area contributed by atoms with Crippen molar-refractivity contribution < 1.29 is 17.9 Å². The third-order valence-corrected chi connectivity index (χ3v) is 8.01. The lowest BCUT2D eigenvalue weighted by Crippen LogP contribution is -2.42. The molecular weight excluding hydrogens is 384 g/mol. The van der Waals surface area contributed by atoms with Gasteiger partial charge in [0.2, 0.25) is 0 Å². The number of fused-ring (bicyclic) bond motifs is 1. The quantitative estimate of drug-likeness (QED) is 0.654. The second-order valence-corrected chi connectivity index (χ2v) is 9.26. The molecule has 0 radical (unpaired) electrons. The number of rotatable bonds is 5. The average Bonchev–Trinajstić information content (AvgIpc) is 3.38. The number of hydrogen-bond acceptors (Lipinski definition) is 5. The molecule has 8 heteroatoms. The minimum atomic E-state index is -3.61. The van der Waals surface area contributed by atoms with Crippen LogP contribution in [0.5, 0.6) is 11.5 Å². The summed E-state index contributed by atoms with van der Waals surface area (Å²) in [4.78, 5) is 0. The lowest BCUT2D eigenvalue weighted by atomic mass is 10.0. The molecule has 1 aliphatic heterocycles. The van der Waals surface area contributed by atoms with Crippen LogP contribution >= 0.6 is 11.3 Å². The molecule has 0 N–H and O–H groups in total. The first-order chi connectivity index (χ1) is 13.1. The van der Waals surface area contributed by atoms with Crippen LogP contribution in [-0.4, -0.2) is 38.1 Å². The smallest absolute Gasteiger partial charge is 0.253 e. The third-order valence-electron chi connectivity index (χ3n) is 4.78. The Balaban J connectivity index is 1.86. The standard InChI is InChI=1S/C19H20N2O4S2/c1-24-16-8-7-14(13-17(16)25-2)19-15-5-3-9-20(15)10-11-21(19)27(22,23)18-6-4-12-26-18/h3-9,12-13,19H,10-11H2,1-2H3. The van der Waals surface area contributed by atoms with Gasteiger partial charge >= 0.3 is 0 Å². The summed E-state index contributed by atoms with van der Waals surface area (Å²) in [5, 5.41) is 1.78. The molecule has 1 aromatic carbocycles. The molecule has 0 amide bonds. The zero-order valence-corrected chi connectivity index (χ0v) is 16.7. The van der Waals surface area contributed by atoms with Crippen molar-refractivity contribution in [3.8, 4) is 11.5 Å². The van der Waals surface area contributed by atoms with E-state index in [9.17, 15) is 8.42 Å². The van der Waals surface area contributed by atoms with E-state index >= 15 is 0 Å². The number of sulfonamides is 1. The van der Waals surface area contributed by atoms with E-state index in [1.54, 1.807) is 36.0 Å². The van der Waals surface area contributed by atoms with E-state index in [1.807, 2.05) is 36.5 Å². The fourth-order valence-corrected chi connectivity index (χ4v) is 6.21. The average molecular weight is 405 g/mol. The van der Waals surface area contributed by atoms with Crippen LogP contribution in [0.15, 0.2) is 58.3 Å². The summed E-state index contributed by atoms with van der Waals surface area (Å²) in [6.07, 6.45) is 1.98. The number of methoxy groups -OCH3 is 2. The molecule has 142 valence electrons. The van der Waals surface area contributed by atoms with Gasteiger partial charge in [0.15, 0.2) is 11.5 Å². The first-order valence-corrected chi connectivity index (χ1v) is 10.8. The topological polar surface area (TPSA) is 60.8 Å². The molecule has 4 rings (SSSR count). The molecule has 0 saturated carbocycles. The summed E-state index contributed by atoms with van der Waals surface area (Å²) in [7, 11) is -0.450. The second kappa shape index (κ2) is 7.03. The van der Waals surface area contributed by atoms with Crippen LogP contribution in [0.4, 0.5) is 0 Å². The number of benzene rings is 1. The SMILES string of the molecule is COc1ccc(C2c3cccn3CCN2S(=O)(=O)c2cccs2)cc1OC. The van der Waals surface area contributed by atoms with Crippen LogP contribution in [0.2, 0.25) is 0 Å². The number of hydrogen-bond donors (Lipinski definition) is 0. The minimum absolute atomic E-state index is 0.355. The molecule has 0 spiro atoms. The summed E-state index contributed by atoms with van der Waals surface area (Å²) in [6.45, 7) is 1.03. The van der Waals surface area contributed by atoms with Crippen molar-refractivity contribution in [3.63, 3.8) is 0 Å². The maximum Gasteiger partial charge on any atom is 0.253 e. The Hall–Kier alpha value is -2.29. The van der Waals surface area contributed by atoms with E-state index < -0.39 is 16.1 Å². The highest BCUT2D eigenvalue weighted by atomic mass is 32.2. The number of ether oxygens (including phenoxy) is 2. The van der Waals surface area contributed by atoms with Crippen molar-refractivity contribution in [2.45, 2.75) is 16.8 Å². The first-order valence-electron chi connectivity index (χ1n) is 8.48. The van der Waals surface area contributed by atoms with Crippen molar-refractivity contribution in [1.82, 2.24) is 8.87 Å². The fourth-order valence-electron chi connectivity index (χ4n) is 3.51. The van der Waals surface area contributed by atoms with E-state index in [4.69, 9.17) is 9.47 Å². The largest absolute Gasteiger partial charge is 0.493 e. The van der Waals surface area contributed by atoms with Crippen LogP contribution < -0.4 is 9.47 Å². The summed E-state index contributed by atoms with van der Waals surface area (Å²) in [5.74, 6) is 1.19. The molecule has 3 heterocycles. The van der Waals surface area contributed by atoms with Crippen molar-refractivity contribution in [2.24, 2.45) is 0 Å². The van der Waals surface area contributed by atoms with Crippen molar-refractivity contribution in [2.75, 3.05) is 20.8 Å². The van der Waals surface area contributed by atoms with Gasteiger partial charge in [-0.25, -0.2) is 8.42 Å². The zero-order chi connectivity index (χ0) is 19.0. The summed E-state index contributed by atoms with van der Waals surface area (Å²) in [5.41, 5.74) is 1.78. The van der Waals surface area contributed by atoms with Gasteiger partial charge in [0.1, 0.15) is 4.21 Å². The molecule has 6 nitrogen and oxygen atoms in total. The Morgan fingerprint density at radius 2 is 1.85 bits per heavy atom. The Morgan fingerprint density at radius 3 is 2.56 bits per heavy atom. The van der Waals surface area contributed by atoms with Crippen molar-refractivity contribution in [1.29, 1.82) is 0 Å². The maximum absolute atomic E-state index is 13.3. The Labute approximate surface area is 162 Å². The van der Waals surface area contributed by atoms with Crippen LogP contribution in [0, 0.1) is 0 Å². The van der Waals surface area contributed by atoms with Crippen molar-refractivity contribution in [3.05, 3.63) is 65.3 Å². The van der Waals surface area contributed by atoms with Gasteiger partial charge in [-0.05, 0) is 41.3 Å². The van der Waals surface area contributed by atoms with Gasteiger partial charge in [-0.3, -0.25) is 0 Å². The minimum Gasteiger partial charge on any atom is -0.493 e. The maximum atomic E-state index is 13.3. The lowest BCUT2D eigenvalue weighted by Gasteiger charge is -2.36. The molecular formula is C19H20N2O4S2. The first kappa shape index (κ1) is 18.1. The number of nitrogens with zero attached hydrogens (tertiary/aromatic N) is 2. The number of aromatic nitrogens is 1. The van der Waals surface area contributed by atoms with Crippen LogP contribution in [-0.2, 0) is 16.6 Å². The van der Waals surface area contributed by atoms with Gasteiger partial charge in [-0.15, -0.1) is 11.3 Å². The molecule has 1 aliphatic rings. The van der Waals surface area contributed by atoms with Gasteiger partial charge in [-0.2, -0.15) is 4.31 Å². The highest BCUT2D eigenvalue weighted by Gasteiger charge is 2.38. The molecule has 2 aromatic heterocycles. The Bertz CT molecular complexity index is 1040. The highest BCUT2D eigenvalue weighted by molar-refractivity contribution is 7.91. The molecule has 0 aliphatic carbocycles. The molecule has 0 bridgehead atoms. The normalized spacial score (nSPS) is 17.5. The van der Waals surface area contributed by atoms with Gasteiger partial charge in [0, 0.05) is 25.0 Å². The molecule has 0 saturated heterocycles. The summed E-state index contributed by atoms with van der Waals surface area (Å²) >= 11 is 1.24. The molecule has 3 aromatic rings. The van der Waals surface area contributed by atoms with E-state index in [0.29, 0.717) is 28.8 Å². The predicted octanol–water partition coefficient (Wildman–Crippen LogP) is 3.36. The molecule has 27 heavy (non-hydrogen) atoms. The summed E-state index contributed by atoms with van der Waals surface area (Å²) in [6, 6.07) is 12.5. The monoisotopic (exact) mass is 404 g/mol. The Morgan fingerprint density at radius 1 is 1.04 bits per heavy atom. The highest BCUT2D eigenvalue weighted by Crippen LogP contribution is 2.40. The molecule has 1 atom stereocenters. The number of thiophene rings is 1. The van der Waals surface area contributed by atoms with Crippen LogP contribution in [0.25, 0.3) is 0 Å². The van der Waals surface area contributed by atoms with Gasteiger partial charge in [0.05, 0.1) is 20.3 Å². The van der Waals surface area contributed by atoms with E-state index in [1.165, 1.54) is 11.3 Å². The van der Waals surface area contributed by atoms with E-state index in [2.05, 4.69) is 4.57 Å². The predicted molar refractivity (Wildman–Crippen MR) is 104 cm³/mol. The van der Waals surface area contributed by atoms with Crippen LogP contribution in [0.1, 0.15) is 17.3 Å². The van der Waals surface area contributed by atoms with Gasteiger partial charge in [-0.1, -0.05) is 12.1 Å².